The fraction of sp³-hybridized carbons (Fsp3) is 0.667. The van der Waals surface area contributed by atoms with Crippen LogP contribution in [0.15, 0.2) is 12.7 Å². The molecule has 1 unspecified atom stereocenters. The number of ether oxygens (including phenoxy) is 1. The summed E-state index contributed by atoms with van der Waals surface area (Å²) in [6.45, 7) is 2.24. The molecule has 0 amide bonds. The first-order chi connectivity index (χ1) is 5.73. The molecular weight excluding hydrogens is 202 g/mol. The number of hydrogen-bond acceptors (Lipinski definition) is 1. The highest BCUT2D eigenvalue weighted by atomic mass is 19.4. The highest BCUT2D eigenvalue weighted by Crippen LogP contribution is 2.39. The topological polar surface area (TPSA) is 9.23 Å². The average molecular weight is 208 g/mol. The maximum Gasteiger partial charge on any atom is 0.459 e. The van der Waals surface area contributed by atoms with Gasteiger partial charge in [-0.05, 0) is 0 Å². The summed E-state index contributed by atoms with van der Waals surface area (Å²) in [6.07, 6.45) is -8.79. The lowest BCUT2D eigenvalue weighted by Crippen LogP contribution is -2.46. The lowest BCUT2D eigenvalue weighted by Gasteiger charge is -2.22. The van der Waals surface area contributed by atoms with Gasteiger partial charge in [0.1, 0.15) is 0 Å². The summed E-state index contributed by atoms with van der Waals surface area (Å²) in [5.41, 5.74) is 0. The first-order valence-corrected chi connectivity index (χ1v) is 3.04. The smallest absolute Gasteiger partial charge is 0.339 e. The van der Waals surface area contributed by atoms with Crippen molar-refractivity contribution in [1.29, 1.82) is 0 Å². The van der Waals surface area contributed by atoms with Gasteiger partial charge >= 0.3 is 12.1 Å². The number of halogens is 6. The van der Waals surface area contributed by atoms with Crippen LogP contribution in [-0.2, 0) is 4.74 Å². The summed E-state index contributed by atoms with van der Waals surface area (Å²) >= 11 is 0. The molecule has 0 radical (unpaired) electrons. The first kappa shape index (κ1) is 12.3. The van der Waals surface area contributed by atoms with Gasteiger partial charge in [0.2, 0.25) is 0 Å². The van der Waals surface area contributed by atoms with Crippen LogP contribution in [0.3, 0.4) is 0 Å². The predicted octanol–water partition coefficient (Wildman–Crippen LogP) is 2.68. The van der Waals surface area contributed by atoms with Crippen LogP contribution in [0.25, 0.3) is 0 Å². The molecule has 0 rings (SSSR count). The molecule has 13 heavy (non-hydrogen) atoms. The van der Waals surface area contributed by atoms with Gasteiger partial charge in [0, 0.05) is 0 Å². The molecule has 0 saturated carbocycles. The minimum Gasteiger partial charge on any atom is -0.339 e. The molecule has 0 aromatic rings. The normalized spacial score (nSPS) is 15.5. The van der Waals surface area contributed by atoms with Gasteiger partial charge in [-0.25, -0.2) is 4.39 Å². The summed E-state index contributed by atoms with van der Waals surface area (Å²) in [5, 5.41) is 0. The van der Waals surface area contributed by atoms with E-state index in [9.17, 15) is 26.3 Å². The third kappa shape index (κ3) is 2.91. The Morgan fingerprint density at radius 3 is 2.00 bits per heavy atom. The van der Waals surface area contributed by atoms with Crippen LogP contribution >= 0.6 is 0 Å². The molecule has 0 fully saturated rings. The van der Waals surface area contributed by atoms with E-state index < -0.39 is 25.1 Å². The Morgan fingerprint density at radius 1 is 1.23 bits per heavy atom. The van der Waals surface area contributed by atoms with E-state index in [1.54, 1.807) is 0 Å². The number of alkyl halides is 6. The standard InChI is InChI=1S/C6H6F6O/c1-2-3-13-4(7)5(8,9)6(10,11)12/h2,4H,1,3H2. The number of hydrogen-bond donors (Lipinski definition) is 0. The highest BCUT2D eigenvalue weighted by molar-refractivity contribution is 4.80. The van der Waals surface area contributed by atoms with Crippen LogP contribution in [0, 0.1) is 0 Å². The second-order valence-electron chi connectivity index (χ2n) is 2.06. The molecule has 0 N–H and O–H groups in total. The lowest BCUT2D eigenvalue weighted by atomic mass is 10.3. The minimum atomic E-state index is -5.95. The van der Waals surface area contributed by atoms with Crippen LogP contribution in [0.2, 0.25) is 0 Å². The Labute approximate surface area is 70.0 Å². The Balaban J connectivity index is 4.35. The molecule has 0 heterocycles. The van der Waals surface area contributed by atoms with Crippen LogP contribution in [-0.4, -0.2) is 25.1 Å². The molecule has 0 bridgehead atoms. The quantitative estimate of drug-likeness (QED) is 0.509. The third-order valence-electron chi connectivity index (χ3n) is 1.02. The molecule has 0 aromatic heterocycles. The van der Waals surface area contributed by atoms with Gasteiger partial charge in [0.05, 0.1) is 6.61 Å². The van der Waals surface area contributed by atoms with E-state index in [-0.39, 0.29) is 0 Å². The summed E-state index contributed by atoms with van der Waals surface area (Å²) in [5.74, 6) is -5.49. The zero-order valence-electron chi connectivity index (χ0n) is 6.24. The summed E-state index contributed by atoms with van der Waals surface area (Å²) in [6, 6.07) is 0. The molecule has 0 saturated heterocycles. The van der Waals surface area contributed by atoms with Gasteiger partial charge in [-0.3, -0.25) is 0 Å². The minimum absolute atomic E-state index is 0.715. The monoisotopic (exact) mass is 208 g/mol. The molecule has 78 valence electrons. The fourth-order valence-electron chi connectivity index (χ4n) is 0.386. The van der Waals surface area contributed by atoms with Crippen LogP contribution < -0.4 is 0 Å². The zero-order valence-corrected chi connectivity index (χ0v) is 6.24. The Morgan fingerprint density at radius 2 is 1.69 bits per heavy atom. The van der Waals surface area contributed by atoms with E-state index >= 15 is 0 Å². The summed E-state index contributed by atoms with van der Waals surface area (Å²) in [4.78, 5) is 0. The van der Waals surface area contributed by atoms with Gasteiger partial charge in [0.25, 0.3) is 6.36 Å². The van der Waals surface area contributed by atoms with E-state index in [1.165, 1.54) is 0 Å². The molecule has 0 spiro atoms. The highest BCUT2D eigenvalue weighted by Gasteiger charge is 2.64. The Hall–Kier alpha value is -0.720. The number of rotatable bonds is 4. The van der Waals surface area contributed by atoms with Crippen molar-refractivity contribution in [3.8, 4) is 0 Å². The van der Waals surface area contributed by atoms with Crippen molar-refractivity contribution in [2.75, 3.05) is 6.61 Å². The molecule has 0 aliphatic rings. The fourth-order valence-corrected chi connectivity index (χ4v) is 0.386. The van der Waals surface area contributed by atoms with Crippen molar-refractivity contribution in [3.63, 3.8) is 0 Å². The van der Waals surface area contributed by atoms with E-state index in [2.05, 4.69) is 11.3 Å². The zero-order chi connectivity index (χ0) is 10.7. The lowest BCUT2D eigenvalue weighted by molar-refractivity contribution is -0.339. The molecule has 0 aliphatic carbocycles. The van der Waals surface area contributed by atoms with E-state index in [0.717, 1.165) is 6.08 Å². The predicted molar refractivity (Wildman–Crippen MR) is 32.0 cm³/mol. The van der Waals surface area contributed by atoms with Gasteiger partial charge in [-0.15, -0.1) is 6.58 Å². The van der Waals surface area contributed by atoms with Crippen molar-refractivity contribution < 1.29 is 31.1 Å². The van der Waals surface area contributed by atoms with Crippen molar-refractivity contribution in [1.82, 2.24) is 0 Å². The van der Waals surface area contributed by atoms with Gasteiger partial charge < -0.3 is 4.74 Å². The van der Waals surface area contributed by atoms with Crippen LogP contribution in [0.4, 0.5) is 26.3 Å². The van der Waals surface area contributed by atoms with Crippen molar-refractivity contribution in [3.05, 3.63) is 12.7 Å². The van der Waals surface area contributed by atoms with Crippen LogP contribution in [0.1, 0.15) is 0 Å². The van der Waals surface area contributed by atoms with Gasteiger partial charge in [-0.1, -0.05) is 6.08 Å². The van der Waals surface area contributed by atoms with Crippen LogP contribution in [0.5, 0.6) is 0 Å². The molecule has 1 atom stereocenters. The van der Waals surface area contributed by atoms with E-state index in [0.29, 0.717) is 0 Å². The summed E-state index contributed by atoms with van der Waals surface area (Å²) < 4.78 is 73.9. The van der Waals surface area contributed by atoms with Crippen molar-refractivity contribution >= 4 is 0 Å². The van der Waals surface area contributed by atoms with Crippen molar-refractivity contribution in [2.24, 2.45) is 0 Å². The van der Waals surface area contributed by atoms with E-state index in [4.69, 9.17) is 0 Å². The average Bonchev–Trinajstić information content (AvgIpc) is 1.97. The second kappa shape index (κ2) is 3.99. The molecule has 0 aromatic carbocycles. The van der Waals surface area contributed by atoms with Gasteiger partial charge in [0.15, 0.2) is 0 Å². The van der Waals surface area contributed by atoms with Crippen molar-refractivity contribution in [2.45, 2.75) is 18.5 Å². The maximum atomic E-state index is 12.1. The molecular formula is C6H6F6O. The molecule has 1 nitrogen and oxygen atoms in total. The maximum absolute atomic E-state index is 12.1. The molecule has 7 heteroatoms. The van der Waals surface area contributed by atoms with E-state index in [1.807, 2.05) is 0 Å². The first-order valence-electron chi connectivity index (χ1n) is 3.04. The third-order valence-corrected chi connectivity index (χ3v) is 1.02. The Bertz CT molecular complexity index is 174. The van der Waals surface area contributed by atoms with Gasteiger partial charge in [-0.2, -0.15) is 22.0 Å². The molecule has 0 aliphatic heterocycles. The summed E-state index contributed by atoms with van der Waals surface area (Å²) in [7, 11) is 0. The SMILES string of the molecule is C=CCOC(F)C(F)(F)C(F)(F)F. The largest absolute Gasteiger partial charge is 0.459 e. The second-order valence-corrected chi connectivity index (χ2v) is 2.06. The Kier molecular flexibility index (Phi) is 3.77.